The molecule has 0 atom stereocenters. The van der Waals surface area contributed by atoms with Crippen molar-refractivity contribution in [2.24, 2.45) is 0 Å². The quantitative estimate of drug-likeness (QED) is 0.170. The molecule has 0 aliphatic rings. The third kappa shape index (κ3) is 3.70. The van der Waals surface area contributed by atoms with Crippen molar-refractivity contribution in [2.45, 2.75) is 0 Å². The molecule has 236 valence electrons. The van der Waals surface area contributed by atoms with Crippen LogP contribution >= 0.6 is 22.7 Å². The third-order valence-electron chi connectivity index (χ3n) is 10.5. The van der Waals surface area contributed by atoms with E-state index in [9.17, 15) is 0 Å². The van der Waals surface area contributed by atoms with E-state index in [4.69, 9.17) is 9.97 Å². The summed E-state index contributed by atoms with van der Waals surface area (Å²) in [7, 11) is 0. The van der Waals surface area contributed by atoms with Crippen LogP contribution in [0.4, 0.5) is 0 Å². The Balaban J connectivity index is 1.33. The van der Waals surface area contributed by atoms with Gasteiger partial charge in [-0.05, 0) is 50.5 Å². The molecule has 0 radical (unpaired) electrons. The van der Waals surface area contributed by atoms with Crippen LogP contribution in [-0.2, 0) is 0 Å². The van der Waals surface area contributed by atoms with Crippen LogP contribution in [0.25, 0.3) is 112 Å². The summed E-state index contributed by atoms with van der Waals surface area (Å²) >= 11 is 3.78. The molecule has 5 aromatic heterocycles. The minimum atomic E-state index is 0.674. The predicted molar refractivity (Wildman–Crippen MR) is 218 cm³/mol. The first-order valence-corrected chi connectivity index (χ1v) is 18.7. The lowest BCUT2D eigenvalue weighted by Crippen LogP contribution is -2.04. The first-order chi connectivity index (χ1) is 25.3. The van der Waals surface area contributed by atoms with Gasteiger partial charge in [-0.25, -0.2) is 9.97 Å². The molecule has 12 rings (SSSR count). The molecule has 0 amide bonds. The molecule has 4 nitrogen and oxygen atoms in total. The molecule has 6 heteroatoms. The summed E-state index contributed by atoms with van der Waals surface area (Å²) < 4.78 is 7.54. The summed E-state index contributed by atoms with van der Waals surface area (Å²) in [5.41, 5.74) is 5.19. The van der Waals surface area contributed by atoms with Crippen LogP contribution in [0.5, 0.6) is 0 Å². The normalized spacial score (nSPS) is 12.3. The van der Waals surface area contributed by atoms with E-state index >= 15 is 0 Å². The van der Waals surface area contributed by atoms with Crippen LogP contribution in [0.3, 0.4) is 0 Å². The Morgan fingerprint density at radius 3 is 1.88 bits per heavy atom. The Morgan fingerprint density at radius 2 is 1.08 bits per heavy atom. The molecule has 0 aliphatic carbocycles. The van der Waals surface area contributed by atoms with Crippen molar-refractivity contribution in [1.29, 1.82) is 0 Å². The van der Waals surface area contributed by atoms with Crippen LogP contribution in [-0.4, -0.2) is 19.5 Å². The van der Waals surface area contributed by atoms with Crippen molar-refractivity contribution in [3.63, 3.8) is 0 Å². The van der Waals surface area contributed by atoms with Crippen LogP contribution in [0.2, 0.25) is 0 Å². The fourth-order valence-corrected chi connectivity index (χ4v) is 11.1. The molecule has 0 spiro atoms. The molecule has 0 aliphatic heterocycles. The number of hydrogen-bond donors (Lipinski definition) is 0. The second-order valence-corrected chi connectivity index (χ2v) is 15.2. The largest absolute Gasteiger partial charge is 0.275 e. The highest BCUT2D eigenvalue weighted by atomic mass is 32.1. The number of thiophene rings is 2. The van der Waals surface area contributed by atoms with Gasteiger partial charge in [0.2, 0.25) is 5.95 Å². The maximum absolute atomic E-state index is 5.62. The van der Waals surface area contributed by atoms with Crippen molar-refractivity contribution in [1.82, 2.24) is 19.5 Å². The Labute approximate surface area is 298 Å². The SMILES string of the molecule is c1ccc2c(c1)ccc1sc3c(sc4c5ccc6ccccc6c5n(-c5nc(-c6ccncc6)c6c7ccccc7c7ccccc7c6n5)c43)c12. The molecule has 0 fully saturated rings. The molecule has 0 bridgehead atoms. The van der Waals surface area contributed by atoms with E-state index in [1.807, 2.05) is 35.1 Å². The summed E-state index contributed by atoms with van der Waals surface area (Å²) in [6.07, 6.45) is 3.71. The highest BCUT2D eigenvalue weighted by Gasteiger charge is 2.26. The molecule has 0 saturated heterocycles. The molecule has 51 heavy (non-hydrogen) atoms. The van der Waals surface area contributed by atoms with Gasteiger partial charge >= 0.3 is 0 Å². The number of benzene rings is 7. The summed E-state index contributed by atoms with van der Waals surface area (Å²) in [6, 6.07) is 48.0. The van der Waals surface area contributed by atoms with Crippen molar-refractivity contribution < 1.29 is 0 Å². The summed E-state index contributed by atoms with van der Waals surface area (Å²) in [4.78, 5) is 15.6. The fourth-order valence-electron chi connectivity index (χ4n) is 8.30. The summed E-state index contributed by atoms with van der Waals surface area (Å²) in [5.74, 6) is 0.674. The highest BCUT2D eigenvalue weighted by Crippen LogP contribution is 2.51. The van der Waals surface area contributed by atoms with E-state index in [2.05, 4.69) is 143 Å². The lowest BCUT2D eigenvalue weighted by molar-refractivity contribution is 1.02. The fraction of sp³-hybridized carbons (Fsp3) is 0. The van der Waals surface area contributed by atoms with Crippen molar-refractivity contribution in [3.8, 4) is 17.2 Å². The van der Waals surface area contributed by atoms with E-state index in [1.165, 1.54) is 67.4 Å². The topological polar surface area (TPSA) is 43.6 Å². The summed E-state index contributed by atoms with van der Waals surface area (Å²) in [6.45, 7) is 0. The van der Waals surface area contributed by atoms with E-state index in [1.54, 1.807) is 0 Å². The average Bonchev–Trinajstić information content (AvgIpc) is 3.85. The highest BCUT2D eigenvalue weighted by molar-refractivity contribution is 7.37. The molecule has 0 unspecified atom stereocenters. The van der Waals surface area contributed by atoms with E-state index in [0.717, 1.165) is 38.4 Å². The minimum Gasteiger partial charge on any atom is -0.275 e. The van der Waals surface area contributed by atoms with Gasteiger partial charge in [0.05, 0.1) is 36.3 Å². The first kappa shape index (κ1) is 27.6. The van der Waals surface area contributed by atoms with Crippen molar-refractivity contribution in [2.75, 3.05) is 0 Å². The molecule has 5 heterocycles. The van der Waals surface area contributed by atoms with Gasteiger partial charge in [0, 0.05) is 49.6 Å². The molecule has 12 aromatic rings. The number of fused-ring (bicyclic) bond motifs is 17. The second kappa shape index (κ2) is 10.2. The molecular formula is C45H24N4S2. The van der Waals surface area contributed by atoms with E-state index in [-0.39, 0.29) is 0 Å². The molecule has 0 saturated carbocycles. The predicted octanol–water partition coefficient (Wildman–Crippen LogP) is 12.8. The zero-order valence-corrected chi connectivity index (χ0v) is 28.6. The van der Waals surface area contributed by atoms with Crippen LogP contribution < -0.4 is 0 Å². The Bertz CT molecular complexity index is 3430. The molecule has 0 N–H and O–H groups in total. The number of aromatic nitrogens is 4. The Hall–Kier alpha value is -6.21. The number of rotatable bonds is 2. The zero-order chi connectivity index (χ0) is 33.2. The lowest BCUT2D eigenvalue weighted by atomic mass is 9.95. The first-order valence-electron chi connectivity index (χ1n) is 17.0. The van der Waals surface area contributed by atoms with Crippen molar-refractivity contribution in [3.05, 3.63) is 146 Å². The van der Waals surface area contributed by atoms with Gasteiger partial charge in [0.25, 0.3) is 0 Å². The lowest BCUT2D eigenvalue weighted by Gasteiger charge is -2.16. The van der Waals surface area contributed by atoms with Gasteiger partial charge in [-0.1, -0.05) is 115 Å². The number of pyridine rings is 1. The van der Waals surface area contributed by atoms with Gasteiger partial charge in [-0.3, -0.25) is 9.55 Å². The van der Waals surface area contributed by atoms with Gasteiger partial charge in [-0.2, -0.15) is 0 Å². The monoisotopic (exact) mass is 684 g/mol. The Kier molecular flexibility index (Phi) is 5.50. The second-order valence-electron chi connectivity index (χ2n) is 13.1. The Morgan fingerprint density at radius 1 is 0.431 bits per heavy atom. The summed E-state index contributed by atoms with van der Waals surface area (Å²) in [5, 5.41) is 13.2. The van der Waals surface area contributed by atoms with Crippen LogP contribution in [0, 0.1) is 0 Å². The smallest absolute Gasteiger partial charge is 0.235 e. The standard InChI is InChI=1S/C45H24N4S2/c1-3-11-28-25(9-1)18-20-35-36(28)43-44(50-35)41-42(51-43)34-19-17-26-10-2-4-12-29(26)40(34)49(41)45-47-38(27-21-23-46-24-22-27)37-32-15-7-5-13-30(32)31-14-6-8-16-33(31)39(37)48-45/h1-24H. The third-order valence-corrected chi connectivity index (χ3v) is 13.0. The average molecular weight is 685 g/mol. The van der Waals surface area contributed by atoms with Gasteiger partial charge in [0.1, 0.15) is 0 Å². The number of hydrogen-bond acceptors (Lipinski definition) is 5. The van der Waals surface area contributed by atoms with Gasteiger partial charge < -0.3 is 0 Å². The van der Waals surface area contributed by atoms with Crippen molar-refractivity contribution >= 4 is 117 Å². The van der Waals surface area contributed by atoms with Crippen LogP contribution in [0.15, 0.2) is 146 Å². The molecular weight excluding hydrogens is 661 g/mol. The number of nitrogens with zero attached hydrogens (tertiary/aromatic N) is 4. The van der Waals surface area contributed by atoms with E-state index in [0.29, 0.717) is 5.95 Å². The maximum Gasteiger partial charge on any atom is 0.235 e. The zero-order valence-electron chi connectivity index (χ0n) is 27.0. The maximum atomic E-state index is 5.62. The van der Waals surface area contributed by atoms with Gasteiger partial charge in [-0.15, -0.1) is 22.7 Å². The minimum absolute atomic E-state index is 0.674. The van der Waals surface area contributed by atoms with Crippen LogP contribution in [0.1, 0.15) is 0 Å². The van der Waals surface area contributed by atoms with Gasteiger partial charge in [0.15, 0.2) is 0 Å². The molecule has 7 aromatic carbocycles. The van der Waals surface area contributed by atoms with E-state index < -0.39 is 0 Å².